The Morgan fingerprint density at radius 3 is 2.58 bits per heavy atom. The maximum absolute atomic E-state index is 12.1. The van der Waals surface area contributed by atoms with Gasteiger partial charge in [-0.25, -0.2) is 18.4 Å². The molecule has 2 aromatic rings. The highest BCUT2D eigenvalue weighted by Crippen LogP contribution is 2.28. The molecule has 1 saturated heterocycles. The number of nitrogens with one attached hydrogen (secondary N) is 2. The zero-order chi connectivity index (χ0) is 18.7. The highest BCUT2D eigenvalue weighted by molar-refractivity contribution is 7.90. The van der Waals surface area contributed by atoms with Gasteiger partial charge in [0.1, 0.15) is 4.90 Å². The molecule has 0 saturated carbocycles. The number of rotatable bonds is 5. The van der Waals surface area contributed by atoms with Gasteiger partial charge in [-0.2, -0.15) is 0 Å². The molecule has 0 spiro atoms. The fraction of sp³-hybridized carbons (Fsp3) is 0.500. The summed E-state index contributed by atoms with van der Waals surface area (Å²) in [5, 5.41) is 6.53. The van der Waals surface area contributed by atoms with Crippen LogP contribution in [0.25, 0.3) is 0 Å². The minimum Gasteiger partial charge on any atom is -0.350 e. The molecule has 1 aliphatic heterocycles. The summed E-state index contributed by atoms with van der Waals surface area (Å²) in [5.74, 6) is 0.535. The zero-order valence-corrected chi connectivity index (χ0v) is 16.2. The number of aromatic nitrogens is 3. The van der Waals surface area contributed by atoms with Gasteiger partial charge in [-0.05, 0) is 50.9 Å². The third-order valence-corrected chi connectivity index (χ3v) is 5.57. The molecule has 0 unspecified atom stereocenters. The SMILES string of the molecule is Cc1cc(CNc2ncc(S(C)(=O)=O)c([C@H]3CCCNC3)n2)cc(C)n1. The summed E-state index contributed by atoms with van der Waals surface area (Å²) < 4.78 is 24.3. The lowest BCUT2D eigenvalue weighted by atomic mass is 9.96. The molecule has 0 aromatic carbocycles. The van der Waals surface area contributed by atoms with Gasteiger partial charge in [0.25, 0.3) is 0 Å². The van der Waals surface area contributed by atoms with Crippen molar-refractivity contribution in [1.82, 2.24) is 20.3 Å². The van der Waals surface area contributed by atoms with Gasteiger partial charge < -0.3 is 10.6 Å². The van der Waals surface area contributed by atoms with Gasteiger partial charge in [0.2, 0.25) is 5.95 Å². The summed E-state index contributed by atoms with van der Waals surface area (Å²) >= 11 is 0. The van der Waals surface area contributed by atoms with Gasteiger partial charge in [-0.1, -0.05) is 0 Å². The van der Waals surface area contributed by atoms with Crippen LogP contribution in [0.5, 0.6) is 0 Å². The van der Waals surface area contributed by atoms with Crippen LogP contribution in [0.3, 0.4) is 0 Å². The molecule has 1 aliphatic rings. The largest absolute Gasteiger partial charge is 0.350 e. The van der Waals surface area contributed by atoms with E-state index in [1.807, 2.05) is 26.0 Å². The van der Waals surface area contributed by atoms with E-state index in [1.165, 1.54) is 12.5 Å². The average Bonchev–Trinajstić information content (AvgIpc) is 2.59. The molecule has 140 valence electrons. The lowest BCUT2D eigenvalue weighted by molar-refractivity contribution is 0.448. The van der Waals surface area contributed by atoms with Crippen molar-refractivity contribution in [2.45, 2.75) is 44.0 Å². The molecule has 0 radical (unpaired) electrons. The highest BCUT2D eigenvalue weighted by atomic mass is 32.2. The zero-order valence-electron chi connectivity index (χ0n) is 15.4. The standard InChI is InChI=1S/C18H25N5O2S/c1-12-7-14(8-13(2)22-12)9-20-18-21-11-16(26(3,24)25)17(23-18)15-5-4-6-19-10-15/h7-8,11,15,19H,4-6,9-10H2,1-3H3,(H,20,21,23)/t15-/m0/s1. The molecule has 2 N–H and O–H groups in total. The molecule has 0 amide bonds. The minimum absolute atomic E-state index is 0.0856. The first-order chi connectivity index (χ1) is 12.3. The summed E-state index contributed by atoms with van der Waals surface area (Å²) in [4.78, 5) is 13.4. The number of anilines is 1. The van der Waals surface area contributed by atoms with Crippen molar-refractivity contribution in [3.8, 4) is 0 Å². The molecular weight excluding hydrogens is 350 g/mol. The summed E-state index contributed by atoms with van der Waals surface area (Å²) in [5.41, 5.74) is 3.62. The number of nitrogens with zero attached hydrogens (tertiary/aromatic N) is 3. The van der Waals surface area contributed by atoms with Crippen molar-refractivity contribution in [1.29, 1.82) is 0 Å². The Hall–Kier alpha value is -2.06. The highest BCUT2D eigenvalue weighted by Gasteiger charge is 2.25. The van der Waals surface area contributed by atoms with E-state index in [2.05, 4.69) is 25.6 Å². The van der Waals surface area contributed by atoms with Gasteiger partial charge in [0.15, 0.2) is 9.84 Å². The molecule has 7 nitrogen and oxygen atoms in total. The molecule has 2 aromatic heterocycles. The van der Waals surface area contributed by atoms with Crippen molar-refractivity contribution in [2.24, 2.45) is 0 Å². The summed E-state index contributed by atoms with van der Waals surface area (Å²) in [6.07, 6.45) is 4.57. The molecule has 0 bridgehead atoms. The number of hydrogen-bond donors (Lipinski definition) is 2. The van der Waals surface area contributed by atoms with E-state index in [0.29, 0.717) is 18.2 Å². The first-order valence-corrected chi connectivity index (χ1v) is 10.7. The Kier molecular flexibility index (Phi) is 5.52. The first-order valence-electron chi connectivity index (χ1n) is 8.78. The minimum atomic E-state index is -3.37. The van der Waals surface area contributed by atoms with Crippen LogP contribution in [-0.2, 0) is 16.4 Å². The Morgan fingerprint density at radius 2 is 1.96 bits per heavy atom. The fourth-order valence-corrected chi connectivity index (χ4v) is 4.17. The topological polar surface area (TPSA) is 96.9 Å². The molecule has 1 fully saturated rings. The van der Waals surface area contributed by atoms with Crippen LogP contribution in [0.15, 0.2) is 23.2 Å². The number of aryl methyl sites for hydroxylation is 2. The lowest BCUT2D eigenvalue weighted by Gasteiger charge is -2.24. The smallest absolute Gasteiger partial charge is 0.223 e. The number of hydrogen-bond acceptors (Lipinski definition) is 7. The fourth-order valence-electron chi connectivity index (χ4n) is 3.34. The summed E-state index contributed by atoms with van der Waals surface area (Å²) in [6, 6.07) is 4.02. The van der Waals surface area contributed by atoms with Gasteiger partial charge in [0.05, 0.1) is 11.9 Å². The first kappa shape index (κ1) is 18.7. The van der Waals surface area contributed by atoms with Crippen LogP contribution >= 0.6 is 0 Å². The van der Waals surface area contributed by atoms with Crippen LogP contribution in [0.2, 0.25) is 0 Å². The number of piperidine rings is 1. The van der Waals surface area contributed by atoms with Crippen LogP contribution in [-0.4, -0.2) is 42.7 Å². The van der Waals surface area contributed by atoms with Gasteiger partial charge in [0, 0.05) is 36.7 Å². The van der Waals surface area contributed by atoms with Crippen molar-refractivity contribution < 1.29 is 8.42 Å². The third kappa shape index (κ3) is 4.56. The van der Waals surface area contributed by atoms with E-state index in [-0.39, 0.29) is 10.8 Å². The van der Waals surface area contributed by atoms with E-state index in [0.717, 1.165) is 42.9 Å². The van der Waals surface area contributed by atoms with Crippen molar-refractivity contribution >= 4 is 15.8 Å². The Morgan fingerprint density at radius 1 is 1.23 bits per heavy atom. The van der Waals surface area contributed by atoms with E-state index >= 15 is 0 Å². The van der Waals surface area contributed by atoms with E-state index < -0.39 is 9.84 Å². The Bertz CT molecular complexity index is 872. The second-order valence-corrected chi connectivity index (χ2v) is 8.85. The monoisotopic (exact) mass is 375 g/mol. The van der Waals surface area contributed by atoms with Gasteiger partial charge >= 0.3 is 0 Å². The second kappa shape index (κ2) is 7.67. The number of sulfone groups is 1. The van der Waals surface area contributed by atoms with Crippen LogP contribution in [0, 0.1) is 13.8 Å². The van der Waals surface area contributed by atoms with Gasteiger partial charge in [-0.3, -0.25) is 4.98 Å². The normalized spacial score (nSPS) is 17.9. The quantitative estimate of drug-likeness (QED) is 0.824. The third-order valence-electron chi connectivity index (χ3n) is 4.46. The van der Waals surface area contributed by atoms with Crippen LogP contribution in [0.1, 0.15) is 41.4 Å². The van der Waals surface area contributed by atoms with E-state index in [1.54, 1.807) is 0 Å². The second-order valence-electron chi connectivity index (χ2n) is 6.87. The molecule has 1 atom stereocenters. The molecule has 8 heteroatoms. The molecule has 3 rings (SSSR count). The maximum atomic E-state index is 12.1. The summed E-state index contributed by atoms with van der Waals surface area (Å²) in [7, 11) is -3.37. The maximum Gasteiger partial charge on any atom is 0.223 e. The van der Waals surface area contributed by atoms with Gasteiger partial charge in [-0.15, -0.1) is 0 Å². The molecular formula is C18H25N5O2S. The molecule has 3 heterocycles. The van der Waals surface area contributed by atoms with Crippen molar-refractivity contribution in [3.05, 3.63) is 41.0 Å². The lowest BCUT2D eigenvalue weighted by Crippen LogP contribution is -2.30. The Labute approximate surface area is 154 Å². The van der Waals surface area contributed by atoms with Crippen molar-refractivity contribution in [2.75, 3.05) is 24.7 Å². The van der Waals surface area contributed by atoms with Crippen LogP contribution < -0.4 is 10.6 Å². The predicted molar refractivity (Wildman–Crippen MR) is 101 cm³/mol. The average molecular weight is 375 g/mol. The molecule has 0 aliphatic carbocycles. The Balaban J connectivity index is 1.86. The predicted octanol–water partition coefficient (Wildman–Crippen LogP) is 1.97. The van der Waals surface area contributed by atoms with E-state index in [4.69, 9.17) is 0 Å². The summed E-state index contributed by atoms with van der Waals surface area (Å²) in [6.45, 7) is 6.18. The van der Waals surface area contributed by atoms with E-state index in [9.17, 15) is 8.42 Å². The number of pyridine rings is 1. The molecule has 26 heavy (non-hydrogen) atoms. The van der Waals surface area contributed by atoms with Crippen molar-refractivity contribution in [3.63, 3.8) is 0 Å². The van der Waals surface area contributed by atoms with Crippen LogP contribution in [0.4, 0.5) is 5.95 Å².